The number of nitrogens with one attached hydrogen (secondary N) is 1. The van der Waals surface area contributed by atoms with Crippen molar-refractivity contribution in [3.05, 3.63) is 28.7 Å². The molecule has 6 nitrogen and oxygen atoms in total. The van der Waals surface area contributed by atoms with Crippen molar-refractivity contribution in [2.75, 3.05) is 0 Å². The topological polar surface area (TPSA) is 95.3 Å². The summed E-state index contributed by atoms with van der Waals surface area (Å²) < 4.78 is 1.16. The summed E-state index contributed by atoms with van der Waals surface area (Å²) in [4.78, 5) is 25.4. The fourth-order valence-electron chi connectivity index (χ4n) is 1.75. The number of imidazole rings is 1. The highest BCUT2D eigenvalue weighted by Gasteiger charge is 2.32. The van der Waals surface area contributed by atoms with Crippen molar-refractivity contribution in [3.63, 3.8) is 0 Å². The summed E-state index contributed by atoms with van der Waals surface area (Å²) in [5.41, 5.74) is -1.02. The minimum absolute atomic E-state index is 0.0130. The fraction of sp³-hybridized carbons (Fsp3) is 0.273. The molecule has 0 bridgehead atoms. The van der Waals surface area contributed by atoms with E-state index in [-0.39, 0.29) is 5.75 Å². The van der Waals surface area contributed by atoms with Gasteiger partial charge >= 0.3 is 11.7 Å². The monoisotopic (exact) mass is 236 g/mol. The Morgan fingerprint density at radius 1 is 1.41 bits per heavy atom. The molecule has 0 atom stereocenters. The van der Waals surface area contributed by atoms with Crippen LogP contribution in [-0.2, 0) is 10.3 Å². The first-order chi connectivity index (χ1) is 7.84. The summed E-state index contributed by atoms with van der Waals surface area (Å²) >= 11 is 0. The standard InChI is InChI=1S/C11H12N2O4/c1-11(2,9(15)16)13-8-4-3-6(14)5-7(8)12-10(13)17/h3-5,14H,1-2H3,(H,12,17)(H,15,16). The minimum Gasteiger partial charge on any atom is -0.508 e. The second kappa shape index (κ2) is 3.38. The molecule has 17 heavy (non-hydrogen) atoms. The number of fused-ring (bicyclic) bond motifs is 1. The van der Waals surface area contributed by atoms with E-state index < -0.39 is 17.2 Å². The second-order valence-corrected chi connectivity index (χ2v) is 4.33. The van der Waals surface area contributed by atoms with E-state index in [0.29, 0.717) is 11.0 Å². The number of phenols is 1. The van der Waals surface area contributed by atoms with Gasteiger partial charge in [0.05, 0.1) is 11.0 Å². The van der Waals surface area contributed by atoms with Crippen LogP contribution in [0.15, 0.2) is 23.0 Å². The molecule has 2 rings (SSSR count). The van der Waals surface area contributed by atoms with E-state index in [4.69, 9.17) is 5.11 Å². The largest absolute Gasteiger partial charge is 0.508 e. The van der Waals surface area contributed by atoms with Crippen LogP contribution >= 0.6 is 0 Å². The van der Waals surface area contributed by atoms with E-state index >= 15 is 0 Å². The van der Waals surface area contributed by atoms with Gasteiger partial charge in [0.2, 0.25) is 0 Å². The Morgan fingerprint density at radius 2 is 2.06 bits per heavy atom. The number of hydrogen-bond acceptors (Lipinski definition) is 3. The molecule has 6 heteroatoms. The Balaban J connectivity index is 2.83. The van der Waals surface area contributed by atoms with Gasteiger partial charge in [0.1, 0.15) is 11.3 Å². The molecule has 1 aromatic heterocycles. The number of carboxylic acid groups (broad SMARTS) is 1. The second-order valence-electron chi connectivity index (χ2n) is 4.33. The number of rotatable bonds is 2. The maximum Gasteiger partial charge on any atom is 0.329 e. The molecule has 0 aliphatic heterocycles. The van der Waals surface area contributed by atoms with Crippen molar-refractivity contribution < 1.29 is 15.0 Å². The molecular weight excluding hydrogens is 224 g/mol. The summed E-state index contributed by atoms with van der Waals surface area (Å²) in [7, 11) is 0. The number of H-pyrrole nitrogens is 1. The van der Waals surface area contributed by atoms with Crippen LogP contribution in [0, 0.1) is 0 Å². The van der Waals surface area contributed by atoms with Crippen molar-refractivity contribution >= 4 is 17.0 Å². The molecule has 0 amide bonds. The normalized spacial score (nSPS) is 11.9. The lowest BCUT2D eigenvalue weighted by Gasteiger charge is -2.20. The molecule has 0 aliphatic rings. The molecule has 0 spiro atoms. The third-order valence-electron chi connectivity index (χ3n) is 2.75. The number of aliphatic carboxylic acids is 1. The number of aromatic hydroxyl groups is 1. The van der Waals surface area contributed by atoms with Gasteiger partial charge in [-0.25, -0.2) is 9.59 Å². The molecule has 1 heterocycles. The summed E-state index contributed by atoms with van der Waals surface area (Å²) in [5.74, 6) is -1.09. The highest BCUT2D eigenvalue weighted by Crippen LogP contribution is 2.22. The predicted molar refractivity (Wildman–Crippen MR) is 61.2 cm³/mol. The first-order valence-electron chi connectivity index (χ1n) is 5.01. The number of carbonyl (C=O) groups is 1. The number of carboxylic acids is 1. The summed E-state index contributed by atoms with van der Waals surface area (Å²) in [6, 6.07) is 4.29. The van der Waals surface area contributed by atoms with Gasteiger partial charge in [0.25, 0.3) is 0 Å². The third kappa shape index (κ3) is 1.57. The average Bonchev–Trinajstić information content (AvgIpc) is 2.53. The van der Waals surface area contributed by atoms with Crippen molar-refractivity contribution in [1.82, 2.24) is 9.55 Å². The van der Waals surface area contributed by atoms with Crippen LogP contribution in [0.25, 0.3) is 11.0 Å². The maximum absolute atomic E-state index is 11.8. The van der Waals surface area contributed by atoms with E-state index in [1.807, 2.05) is 0 Å². The maximum atomic E-state index is 11.8. The van der Waals surface area contributed by atoms with Gasteiger partial charge in [-0.2, -0.15) is 0 Å². The number of hydrogen-bond donors (Lipinski definition) is 3. The minimum atomic E-state index is -1.35. The van der Waals surface area contributed by atoms with Crippen molar-refractivity contribution in [1.29, 1.82) is 0 Å². The van der Waals surface area contributed by atoms with Gasteiger partial charge in [-0.3, -0.25) is 4.57 Å². The Bertz CT molecular complexity index is 651. The van der Waals surface area contributed by atoms with Crippen LogP contribution < -0.4 is 5.69 Å². The number of aromatic amines is 1. The van der Waals surface area contributed by atoms with E-state index in [0.717, 1.165) is 4.57 Å². The highest BCUT2D eigenvalue weighted by atomic mass is 16.4. The van der Waals surface area contributed by atoms with Crippen LogP contribution in [0.5, 0.6) is 5.75 Å². The predicted octanol–water partition coefficient (Wildman–Crippen LogP) is 0.855. The van der Waals surface area contributed by atoms with Crippen LogP contribution in [0.2, 0.25) is 0 Å². The molecule has 0 fully saturated rings. The molecule has 0 radical (unpaired) electrons. The number of aromatic nitrogens is 2. The van der Waals surface area contributed by atoms with E-state index in [9.17, 15) is 14.7 Å². The van der Waals surface area contributed by atoms with Gasteiger partial charge < -0.3 is 15.2 Å². The third-order valence-corrected chi connectivity index (χ3v) is 2.75. The summed E-state index contributed by atoms with van der Waals surface area (Å²) in [6.45, 7) is 2.88. The Hall–Kier alpha value is -2.24. The van der Waals surface area contributed by atoms with E-state index in [2.05, 4.69) is 4.98 Å². The van der Waals surface area contributed by atoms with Crippen LogP contribution in [0.4, 0.5) is 0 Å². The first kappa shape index (κ1) is 11.3. The van der Waals surface area contributed by atoms with Gasteiger partial charge in [0, 0.05) is 6.07 Å². The van der Waals surface area contributed by atoms with E-state index in [1.54, 1.807) is 0 Å². The smallest absolute Gasteiger partial charge is 0.329 e. The van der Waals surface area contributed by atoms with Gasteiger partial charge in [-0.1, -0.05) is 0 Å². The van der Waals surface area contributed by atoms with Crippen LogP contribution in [0.3, 0.4) is 0 Å². The highest BCUT2D eigenvalue weighted by molar-refractivity contribution is 5.82. The zero-order valence-corrected chi connectivity index (χ0v) is 9.39. The van der Waals surface area contributed by atoms with Crippen molar-refractivity contribution in [3.8, 4) is 5.75 Å². The van der Waals surface area contributed by atoms with Crippen molar-refractivity contribution in [2.24, 2.45) is 0 Å². The zero-order valence-electron chi connectivity index (χ0n) is 9.39. The Morgan fingerprint density at radius 3 is 2.65 bits per heavy atom. The quantitative estimate of drug-likeness (QED) is 0.720. The Kier molecular flexibility index (Phi) is 2.23. The van der Waals surface area contributed by atoms with Crippen LogP contribution in [0.1, 0.15) is 13.8 Å². The molecule has 90 valence electrons. The van der Waals surface area contributed by atoms with Crippen LogP contribution in [-0.4, -0.2) is 25.7 Å². The Labute approximate surface area is 96.1 Å². The van der Waals surface area contributed by atoms with Gasteiger partial charge in [-0.05, 0) is 26.0 Å². The van der Waals surface area contributed by atoms with E-state index in [1.165, 1.54) is 32.0 Å². The molecular formula is C11H12N2O4. The molecule has 1 aromatic carbocycles. The lowest BCUT2D eigenvalue weighted by Crippen LogP contribution is -2.41. The first-order valence-corrected chi connectivity index (χ1v) is 5.01. The molecule has 0 saturated carbocycles. The lowest BCUT2D eigenvalue weighted by atomic mass is 10.1. The fourth-order valence-corrected chi connectivity index (χ4v) is 1.75. The summed E-state index contributed by atoms with van der Waals surface area (Å²) in [6.07, 6.45) is 0. The number of nitrogens with zero attached hydrogens (tertiary/aromatic N) is 1. The number of phenolic OH excluding ortho intramolecular Hbond substituents is 1. The molecule has 0 unspecified atom stereocenters. The molecule has 0 saturated heterocycles. The SMILES string of the molecule is CC(C)(C(=O)O)n1c(=O)[nH]c2cc(O)ccc21. The van der Waals surface area contributed by atoms with Gasteiger partial charge in [-0.15, -0.1) is 0 Å². The lowest BCUT2D eigenvalue weighted by molar-refractivity contribution is -0.145. The molecule has 3 N–H and O–H groups in total. The number of benzene rings is 1. The molecule has 0 aliphatic carbocycles. The average molecular weight is 236 g/mol. The molecule has 2 aromatic rings. The van der Waals surface area contributed by atoms with Gasteiger partial charge in [0.15, 0.2) is 0 Å². The van der Waals surface area contributed by atoms with Crippen molar-refractivity contribution in [2.45, 2.75) is 19.4 Å². The zero-order chi connectivity index (χ0) is 12.8. The summed E-state index contributed by atoms with van der Waals surface area (Å²) in [5, 5.41) is 18.4.